The summed E-state index contributed by atoms with van der Waals surface area (Å²) in [5.41, 5.74) is 1.94. The molecule has 0 saturated carbocycles. The number of hydrogen-bond donors (Lipinski definition) is 1. The van der Waals surface area contributed by atoms with E-state index in [2.05, 4.69) is 10.3 Å². The molecule has 8 heteroatoms. The van der Waals surface area contributed by atoms with Gasteiger partial charge in [-0.25, -0.2) is 4.98 Å². The van der Waals surface area contributed by atoms with Crippen LogP contribution in [0, 0.1) is 0 Å². The van der Waals surface area contributed by atoms with Crippen LogP contribution in [-0.2, 0) is 4.79 Å². The van der Waals surface area contributed by atoms with Crippen molar-refractivity contribution < 1.29 is 14.3 Å². The molecule has 1 N–H and O–H groups in total. The number of benzene rings is 1. The Labute approximate surface area is 181 Å². The summed E-state index contributed by atoms with van der Waals surface area (Å²) in [5, 5.41) is 3.55. The molecule has 2 saturated heterocycles. The first kappa shape index (κ1) is 20.5. The normalized spacial score (nSPS) is 16.7. The lowest BCUT2D eigenvalue weighted by atomic mass is 10.1. The van der Waals surface area contributed by atoms with Crippen LogP contribution in [0.15, 0.2) is 30.5 Å². The van der Waals surface area contributed by atoms with Crippen LogP contribution in [0.2, 0.25) is 5.02 Å². The molecule has 30 heavy (non-hydrogen) atoms. The van der Waals surface area contributed by atoms with Gasteiger partial charge in [-0.2, -0.15) is 0 Å². The summed E-state index contributed by atoms with van der Waals surface area (Å²) in [7, 11) is 1.59. The minimum atomic E-state index is -0.0325. The molecule has 4 rings (SSSR count). The van der Waals surface area contributed by atoms with E-state index in [1.807, 2.05) is 23.1 Å². The summed E-state index contributed by atoms with van der Waals surface area (Å²) in [6.45, 7) is 2.23. The van der Waals surface area contributed by atoms with Gasteiger partial charge in [0.1, 0.15) is 11.6 Å². The average Bonchev–Trinajstić information content (AvgIpc) is 3.21. The summed E-state index contributed by atoms with van der Waals surface area (Å²) in [4.78, 5) is 32.8. The van der Waals surface area contributed by atoms with Gasteiger partial charge >= 0.3 is 0 Å². The van der Waals surface area contributed by atoms with E-state index in [-0.39, 0.29) is 11.8 Å². The molecule has 2 aromatic rings. The second-order valence-electron chi connectivity index (χ2n) is 7.57. The molecule has 2 fully saturated rings. The molecule has 1 aromatic carbocycles. The Bertz CT molecular complexity index is 959. The van der Waals surface area contributed by atoms with Crippen molar-refractivity contribution >= 4 is 40.6 Å². The van der Waals surface area contributed by atoms with Crippen molar-refractivity contribution in [3.05, 3.63) is 41.0 Å². The zero-order valence-electron chi connectivity index (χ0n) is 17.0. The van der Waals surface area contributed by atoms with Gasteiger partial charge in [0.05, 0.1) is 23.4 Å². The molecule has 3 heterocycles. The topological polar surface area (TPSA) is 74.8 Å². The van der Waals surface area contributed by atoms with E-state index in [9.17, 15) is 9.59 Å². The van der Waals surface area contributed by atoms with Crippen molar-refractivity contribution in [2.75, 3.05) is 37.0 Å². The van der Waals surface area contributed by atoms with Crippen LogP contribution < -0.4 is 15.0 Å². The van der Waals surface area contributed by atoms with Crippen LogP contribution in [0.3, 0.4) is 0 Å². The molecular formula is C22H25ClN4O3. The second kappa shape index (κ2) is 8.92. The summed E-state index contributed by atoms with van der Waals surface area (Å²) in [6, 6.07) is 7.16. The zero-order chi connectivity index (χ0) is 21.1. The summed E-state index contributed by atoms with van der Waals surface area (Å²) < 4.78 is 5.43. The number of carbonyl (C=O) groups is 2. The highest BCUT2D eigenvalue weighted by atomic mass is 35.5. The number of piperidine rings is 1. The average molecular weight is 429 g/mol. The van der Waals surface area contributed by atoms with Gasteiger partial charge in [-0.1, -0.05) is 11.6 Å². The lowest BCUT2D eigenvalue weighted by Crippen LogP contribution is -2.35. The van der Waals surface area contributed by atoms with Gasteiger partial charge in [-0.15, -0.1) is 0 Å². The number of rotatable bonds is 5. The number of amides is 2. The lowest BCUT2D eigenvalue weighted by molar-refractivity contribution is -0.117. The van der Waals surface area contributed by atoms with Gasteiger partial charge in [0.25, 0.3) is 5.91 Å². The summed E-state index contributed by atoms with van der Waals surface area (Å²) in [5.74, 6) is 1.14. The monoisotopic (exact) mass is 428 g/mol. The molecular weight excluding hydrogens is 404 g/mol. The van der Waals surface area contributed by atoms with E-state index in [1.54, 1.807) is 24.3 Å². The molecule has 2 aliphatic rings. The van der Waals surface area contributed by atoms with E-state index in [1.165, 1.54) is 6.42 Å². The first-order valence-corrected chi connectivity index (χ1v) is 10.6. The van der Waals surface area contributed by atoms with Gasteiger partial charge in [-0.05, 0) is 49.9 Å². The SMILES string of the molecule is COc1ccc(Nc2ncc(C(=O)N3CCCCC3)cc2Cl)cc1N1CCCC1=O. The maximum Gasteiger partial charge on any atom is 0.255 e. The highest BCUT2D eigenvalue weighted by Crippen LogP contribution is 2.35. The van der Waals surface area contributed by atoms with Gasteiger partial charge in [0, 0.05) is 37.9 Å². The van der Waals surface area contributed by atoms with E-state index >= 15 is 0 Å². The van der Waals surface area contributed by atoms with Crippen molar-refractivity contribution in [1.82, 2.24) is 9.88 Å². The standard InChI is InChI=1S/C22H25ClN4O3/c1-30-19-8-7-16(13-18(19)27-11-5-6-20(27)28)25-21-17(23)12-15(14-24-21)22(29)26-9-3-2-4-10-26/h7-8,12-14H,2-6,9-11H2,1H3,(H,24,25). The van der Waals surface area contributed by atoms with Crippen LogP contribution in [0.1, 0.15) is 42.5 Å². The van der Waals surface area contributed by atoms with Crippen molar-refractivity contribution in [1.29, 1.82) is 0 Å². The number of pyridine rings is 1. The first-order chi connectivity index (χ1) is 14.6. The molecule has 2 amide bonds. The largest absolute Gasteiger partial charge is 0.495 e. The van der Waals surface area contributed by atoms with Gasteiger partial charge in [0.2, 0.25) is 5.91 Å². The van der Waals surface area contributed by atoms with E-state index in [0.29, 0.717) is 35.1 Å². The molecule has 0 unspecified atom stereocenters. The molecule has 0 radical (unpaired) electrons. The Morgan fingerprint density at radius 2 is 1.93 bits per heavy atom. The fourth-order valence-corrected chi connectivity index (χ4v) is 4.16. The number of methoxy groups -OCH3 is 1. The van der Waals surface area contributed by atoms with Crippen molar-refractivity contribution in [2.45, 2.75) is 32.1 Å². The third-order valence-electron chi connectivity index (χ3n) is 5.54. The van der Waals surface area contributed by atoms with Gasteiger partial charge in [-0.3, -0.25) is 9.59 Å². The smallest absolute Gasteiger partial charge is 0.255 e. The third kappa shape index (κ3) is 4.21. The number of nitrogens with one attached hydrogen (secondary N) is 1. The Balaban J connectivity index is 1.54. The number of anilines is 3. The quantitative estimate of drug-likeness (QED) is 0.770. The molecule has 2 aliphatic heterocycles. The zero-order valence-corrected chi connectivity index (χ0v) is 17.7. The van der Waals surface area contributed by atoms with Crippen LogP contribution >= 0.6 is 11.6 Å². The number of carbonyl (C=O) groups excluding carboxylic acids is 2. The highest BCUT2D eigenvalue weighted by molar-refractivity contribution is 6.33. The second-order valence-corrected chi connectivity index (χ2v) is 7.98. The Kier molecular flexibility index (Phi) is 6.08. The summed E-state index contributed by atoms with van der Waals surface area (Å²) in [6.07, 6.45) is 6.16. The van der Waals surface area contributed by atoms with E-state index < -0.39 is 0 Å². The lowest BCUT2D eigenvalue weighted by Gasteiger charge is -2.26. The van der Waals surface area contributed by atoms with Crippen molar-refractivity contribution in [3.8, 4) is 5.75 Å². The fourth-order valence-electron chi connectivity index (χ4n) is 3.94. The third-order valence-corrected chi connectivity index (χ3v) is 5.83. The number of likely N-dealkylation sites (tertiary alicyclic amines) is 1. The minimum Gasteiger partial charge on any atom is -0.495 e. The predicted octanol–water partition coefficient (Wildman–Crippen LogP) is 4.24. The molecule has 0 atom stereocenters. The van der Waals surface area contributed by atoms with Crippen LogP contribution in [0.4, 0.5) is 17.2 Å². The number of aromatic nitrogens is 1. The minimum absolute atomic E-state index is 0.0325. The molecule has 0 spiro atoms. The molecule has 0 aliphatic carbocycles. The van der Waals surface area contributed by atoms with Crippen LogP contribution in [0.25, 0.3) is 0 Å². The molecule has 158 valence electrons. The molecule has 7 nitrogen and oxygen atoms in total. The number of halogens is 1. The molecule has 0 bridgehead atoms. The van der Waals surface area contributed by atoms with Crippen molar-refractivity contribution in [2.24, 2.45) is 0 Å². The number of hydrogen-bond acceptors (Lipinski definition) is 5. The Morgan fingerprint density at radius 3 is 2.60 bits per heavy atom. The summed E-state index contributed by atoms with van der Waals surface area (Å²) >= 11 is 6.43. The van der Waals surface area contributed by atoms with Gasteiger partial charge < -0.3 is 19.9 Å². The van der Waals surface area contributed by atoms with Crippen LogP contribution in [-0.4, -0.2) is 48.4 Å². The van der Waals surface area contributed by atoms with Gasteiger partial charge in [0.15, 0.2) is 0 Å². The maximum absolute atomic E-state index is 12.7. The highest BCUT2D eigenvalue weighted by Gasteiger charge is 2.25. The Morgan fingerprint density at radius 1 is 1.13 bits per heavy atom. The predicted molar refractivity (Wildman–Crippen MR) is 117 cm³/mol. The van der Waals surface area contributed by atoms with E-state index in [0.717, 1.165) is 43.7 Å². The van der Waals surface area contributed by atoms with Crippen LogP contribution in [0.5, 0.6) is 5.75 Å². The fraction of sp³-hybridized carbons (Fsp3) is 0.409. The van der Waals surface area contributed by atoms with Crippen molar-refractivity contribution in [3.63, 3.8) is 0 Å². The van der Waals surface area contributed by atoms with E-state index in [4.69, 9.17) is 16.3 Å². The number of ether oxygens (including phenoxy) is 1. The molecule has 1 aromatic heterocycles. The Hall–Kier alpha value is -2.80. The number of nitrogens with zero attached hydrogens (tertiary/aromatic N) is 3. The first-order valence-electron chi connectivity index (χ1n) is 10.3. The maximum atomic E-state index is 12.7.